The lowest BCUT2D eigenvalue weighted by atomic mass is 10.1. The van der Waals surface area contributed by atoms with Crippen molar-refractivity contribution in [2.45, 2.75) is 13.3 Å². The van der Waals surface area contributed by atoms with Gasteiger partial charge in [0.1, 0.15) is 11.6 Å². The number of ether oxygens (including phenoxy) is 2. The molecule has 5 nitrogen and oxygen atoms in total. The van der Waals surface area contributed by atoms with E-state index in [1.165, 1.54) is 19.2 Å². The van der Waals surface area contributed by atoms with E-state index in [2.05, 4.69) is 5.32 Å². The number of carbonyl (C=O) groups excluding carboxylic acids is 2. The Hall–Kier alpha value is -2.89. The van der Waals surface area contributed by atoms with Crippen LogP contribution in [0.25, 0.3) is 0 Å². The lowest BCUT2D eigenvalue weighted by Crippen LogP contribution is -2.22. The first-order chi connectivity index (χ1) is 11.5. The second kappa shape index (κ2) is 8.10. The van der Waals surface area contributed by atoms with E-state index in [1.807, 2.05) is 19.1 Å². The van der Waals surface area contributed by atoms with E-state index in [-0.39, 0.29) is 11.3 Å². The molecule has 2 rings (SSSR count). The molecule has 24 heavy (non-hydrogen) atoms. The van der Waals surface area contributed by atoms with Gasteiger partial charge in [-0.25, -0.2) is 9.18 Å². The predicted octanol–water partition coefficient (Wildman–Crippen LogP) is 3.19. The highest BCUT2D eigenvalue weighted by atomic mass is 19.1. The van der Waals surface area contributed by atoms with Crippen LogP contribution in [-0.2, 0) is 16.0 Å². The van der Waals surface area contributed by atoms with Crippen LogP contribution < -0.4 is 10.1 Å². The maximum Gasteiger partial charge on any atom is 0.341 e. The summed E-state index contributed by atoms with van der Waals surface area (Å²) < 4.78 is 23.5. The number of para-hydroxylation sites is 1. The first-order valence-corrected chi connectivity index (χ1v) is 7.43. The molecule has 2 aromatic carbocycles. The van der Waals surface area contributed by atoms with Gasteiger partial charge in [-0.1, -0.05) is 25.1 Å². The van der Waals surface area contributed by atoms with Crippen LogP contribution in [0.15, 0.2) is 42.5 Å². The molecule has 0 aliphatic carbocycles. The monoisotopic (exact) mass is 331 g/mol. The molecule has 0 aromatic heterocycles. The summed E-state index contributed by atoms with van der Waals surface area (Å²) in [7, 11) is 1.39. The fraction of sp³-hybridized carbons (Fsp3) is 0.222. The highest BCUT2D eigenvalue weighted by Gasteiger charge is 2.16. The molecule has 0 radical (unpaired) electrons. The number of benzene rings is 2. The topological polar surface area (TPSA) is 64.6 Å². The van der Waals surface area contributed by atoms with Gasteiger partial charge >= 0.3 is 5.97 Å². The Morgan fingerprint density at radius 3 is 2.58 bits per heavy atom. The van der Waals surface area contributed by atoms with Gasteiger partial charge in [-0.2, -0.15) is 0 Å². The third-order valence-corrected chi connectivity index (χ3v) is 3.40. The normalized spacial score (nSPS) is 10.1. The van der Waals surface area contributed by atoms with Gasteiger partial charge in [-0.05, 0) is 30.2 Å². The van der Waals surface area contributed by atoms with E-state index >= 15 is 0 Å². The molecule has 1 N–H and O–H groups in total. The van der Waals surface area contributed by atoms with Crippen LogP contribution in [0, 0.1) is 5.82 Å². The van der Waals surface area contributed by atoms with Crippen LogP contribution in [0.1, 0.15) is 22.8 Å². The van der Waals surface area contributed by atoms with Crippen LogP contribution in [0.3, 0.4) is 0 Å². The Morgan fingerprint density at radius 2 is 1.92 bits per heavy atom. The Morgan fingerprint density at radius 1 is 1.17 bits per heavy atom. The van der Waals surface area contributed by atoms with Crippen molar-refractivity contribution in [3.05, 3.63) is 59.4 Å². The molecule has 0 saturated carbocycles. The number of esters is 1. The molecule has 2 aromatic rings. The molecule has 0 aliphatic heterocycles. The molecule has 0 fully saturated rings. The molecule has 6 heteroatoms. The van der Waals surface area contributed by atoms with Gasteiger partial charge in [-0.15, -0.1) is 0 Å². The summed E-state index contributed by atoms with van der Waals surface area (Å²) >= 11 is 0. The molecule has 126 valence electrons. The molecular weight excluding hydrogens is 313 g/mol. The molecule has 0 aliphatic rings. The predicted molar refractivity (Wildman–Crippen MR) is 87.7 cm³/mol. The largest absolute Gasteiger partial charge is 0.497 e. The number of rotatable bonds is 6. The molecule has 0 heterocycles. The van der Waals surface area contributed by atoms with Crippen molar-refractivity contribution in [1.29, 1.82) is 0 Å². The van der Waals surface area contributed by atoms with Crippen LogP contribution in [-0.4, -0.2) is 25.6 Å². The highest BCUT2D eigenvalue weighted by molar-refractivity contribution is 5.96. The number of anilines is 1. The van der Waals surface area contributed by atoms with E-state index in [0.29, 0.717) is 5.69 Å². The van der Waals surface area contributed by atoms with Crippen molar-refractivity contribution in [2.75, 3.05) is 19.0 Å². The molecule has 1 amide bonds. The van der Waals surface area contributed by atoms with E-state index in [4.69, 9.17) is 9.47 Å². The third kappa shape index (κ3) is 4.32. The van der Waals surface area contributed by atoms with Gasteiger partial charge in [0.25, 0.3) is 5.91 Å². The zero-order valence-corrected chi connectivity index (χ0v) is 13.5. The zero-order valence-electron chi connectivity index (χ0n) is 13.5. The summed E-state index contributed by atoms with van der Waals surface area (Å²) in [4.78, 5) is 23.8. The van der Waals surface area contributed by atoms with Crippen molar-refractivity contribution in [3.8, 4) is 5.75 Å². The maximum atomic E-state index is 13.8. The maximum absolute atomic E-state index is 13.8. The van der Waals surface area contributed by atoms with Crippen LogP contribution in [0.5, 0.6) is 5.75 Å². The number of aryl methyl sites for hydroxylation is 1. The first-order valence-electron chi connectivity index (χ1n) is 7.43. The standard InChI is InChI=1S/C18H18FNO4/c1-3-12-6-4-5-7-16(12)20-17(21)11-24-18(22)14-9-8-13(23-2)10-15(14)19/h4-10H,3,11H2,1-2H3,(H,20,21). The SMILES string of the molecule is CCc1ccccc1NC(=O)COC(=O)c1ccc(OC)cc1F. The van der Waals surface area contributed by atoms with Crippen LogP contribution in [0.4, 0.5) is 10.1 Å². The molecule has 0 atom stereocenters. The van der Waals surface area contributed by atoms with Crippen LogP contribution >= 0.6 is 0 Å². The Balaban J connectivity index is 1.95. The van der Waals surface area contributed by atoms with E-state index in [9.17, 15) is 14.0 Å². The van der Waals surface area contributed by atoms with E-state index in [1.54, 1.807) is 12.1 Å². The Labute approximate surface area is 139 Å². The fourth-order valence-electron chi connectivity index (χ4n) is 2.13. The first kappa shape index (κ1) is 17.5. The number of hydrogen-bond acceptors (Lipinski definition) is 4. The minimum atomic E-state index is -0.908. The van der Waals surface area contributed by atoms with Crippen molar-refractivity contribution in [2.24, 2.45) is 0 Å². The number of methoxy groups -OCH3 is 1. The zero-order chi connectivity index (χ0) is 17.5. The summed E-state index contributed by atoms with van der Waals surface area (Å²) in [5.41, 5.74) is 1.38. The van der Waals surface area contributed by atoms with Gasteiger partial charge in [0.05, 0.1) is 12.7 Å². The van der Waals surface area contributed by atoms with Gasteiger partial charge in [0.2, 0.25) is 0 Å². The Bertz CT molecular complexity index is 746. The van der Waals surface area contributed by atoms with Crippen molar-refractivity contribution in [1.82, 2.24) is 0 Å². The van der Waals surface area contributed by atoms with E-state index < -0.39 is 24.3 Å². The molecule has 0 spiro atoms. The quantitative estimate of drug-likeness (QED) is 0.826. The fourth-order valence-corrected chi connectivity index (χ4v) is 2.13. The van der Waals surface area contributed by atoms with Crippen LogP contribution in [0.2, 0.25) is 0 Å². The number of amides is 1. The summed E-state index contributed by atoms with van der Waals surface area (Å²) in [5, 5.41) is 2.67. The molecule has 0 unspecified atom stereocenters. The summed E-state index contributed by atoms with van der Waals surface area (Å²) in [6, 6.07) is 11.1. The van der Waals surface area contributed by atoms with E-state index in [0.717, 1.165) is 18.1 Å². The molecular formula is C18H18FNO4. The average molecular weight is 331 g/mol. The number of nitrogens with one attached hydrogen (secondary N) is 1. The highest BCUT2D eigenvalue weighted by Crippen LogP contribution is 2.17. The summed E-state index contributed by atoms with van der Waals surface area (Å²) in [6.07, 6.45) is 0.757. The Kier molecular flexibility index (Phi) is 5.89. The lowest BCUT2D eigenvalue weighted by Gasteiger charge is -2.10. The number of halogens is 1. The number of carbonyl (C=O) groups is 2. The number of hydrogen-bond donors (Lipinski definition) is 1. The average Bonchev–Trinajstić information content (AvgIpc) is 2.60. The third-order valence-electron chi connectivity index (χ3n) is 3.40. The summed E-state index contributed by atoms with van der Waals surface area (Å²) in [5.74, 6) is -1.87. The van der Waals surface area contributed by atoms with Crippen molar-refractivity contribution in [3.63, 3.8) is 0 Å². The molecule has 0 saturated heterocycles. The minimum absolute atomic E-state index is 0.252. The van der Waals surface area contributed by atoms with Crippen molar-refractivity contribution < 1.29 is 23.5 Å². The smallest absolute Gasteiger partial charge is 0.341 e. The van der Waals surface area contributed by atoms with Crippen molar-refractivity contribution >= 4 is 17.6 Å². The minimum Gasteiger partial charge on any atom is -0.497 e. The summed E-state index contributed by atoms with van der Waals surface area (Å²) in [6.45, 7) is 1.47. The van der Waals surface area contributed by atoms with Gasteiger partial charge in [0, 0.05) is 11.8 Å². The van der Waals surface area contributed by atoms with Gasteiger partial charge in [0.15, 0.2) is 6.61 Å². The second-order valence-electron chi connectivity index (χ2n) is 4.98. The lowest BCUT2D eigenvalue weighted by molar-refractivity contribution is -0.119. The molecule has 0 bridgehead atoms. The second-order valence-corrected chi connectivity index (χ2v) is 4.98. The van der Waals surface area contributed by atoms with Gasteiger partial charge in [-0.3, -0.25) is 4.79 Å². The van der Waals surface area contributed by atoms with Gasteiger partial charge < -0.3 is 14.8 Å².